The fourth-order valence-corrected chi connectivity index (χ4v) is 4.30. The van der Waals surface area contributed by atoms with E-state index >= 15 is 0 Å². The van der Waals surface area contributed by atoms with Gasteiger partial charge in [0, 0.05) is 19.1 Å². The highest BCUT2D eigenvalue weighted by molar-refractivity contribution is 7.80. The average molecular weight is 465 g/mol. The van der Waals surface area contributed by atoms with Crippen LogP contribution in [0.3, 0.4) is 0 Å². The number of nitriles is 1. The quantitative estimate of drug-likeness (QED) is 0.434. The van der Waals surface area contributed by atoms with Crippen LogP contribution in [0.1, 0.15) is 50.8 Å². The second-order valence-electron chi connectivity index (χ2n) is 9.13. The molecule has 0 aliphatic carbocycles. The molecule has 1 aliphatic heterocycles. The summed E-state index contributed by atoms with van der Waals surface area (Å²) < 4.78 is 5.91. The third-order valence-electron chi connectivity index (χ3n) is 5.84. The van der Waals surface area contributed by atoms with Crippen molar-refractivity contribution < 1.29 is 9.53 Å². The molecular weight excluding hydrogens is 432 g/mol. The number of amides is 1. The molecule has 1 saturated heterocycles. The summed E-state index contributed by atoms with van der Waals surface area (Å²) in [4.78, 5) is 16.7. The van der Waals surface area contributed by atoms with Crippen LogP contribution in [-0.2, 0) is 11.3 Å². The van der Waals surface area contributed by atoms with E-state index in [-0.39, 0.29) is 5.91 Å². The Balaban J connectivity index is 1.58. The van der Waals surface area contributed by atoms with Crippen LogP contribution in [-0.4, -0.2) is 40.7 Å². The zero-order chi connectivity index (χ0) is 24.2. The van der Waals surface area contributed by atoms with Crippen LogP contribution in [0.5, 0.6) is 5.75 Å². The van der Waals surface area contributed by atoms with Gasteiger partial charge in [0.15, 0.2) is 5.11 Å². The van der Waals surface area contributed by atoms with Gasteiger partial charge < -0.3 is 15.0 Å². The van der Waals surface area contributed by atoms with Crippen LogP contribution in [0, 0.1) is 18.3 Å². The number of aryl methyl sites for hydroxylation is 1. The molecule has 0 saturated carbocycles. The van der Waals surface area contributed by atoms with Crippen LogP contribution in [0.25, 0.3) is 0 Å². The van der Waals surface area contributed by atoms with Crippen molar-refractivity contribution in [3.05, 3.63) is 59.2 Å². The largest absolute Gasteiger partial charge is 0.494 e. The van der Waals surface area contributed by atoms with Crippen molar-refractivity contribution in [1.29, 1.82) is 5.26 Å². The van der Waals surface area contributed by atoms with E-state index in [0.717, 1.165) is 24.3 Å². The molecule has 174 valence electrons. The van der Waals surface area contributed by atoms with Gasteiger partial charge in [-0.05, 0) is 80.9 Å². The van der Waals surface area contributed by atoms with Crippen molar-refractivity contribution in [3.8, 4) is 11.8 Å². The number of hydrogen-bond donors (Lipinski definition) is 1. The summed E-state index contributed by atoms with van der Waals surface area (Å²) >= 11 is 5.69. The first-order chi connectivity index (χ1) is 15.6. The predicted octanol–water partition coefficient (Wildman–Crippen LogP) is 4.55. The van der Waals surface area contributed by atoms with Crippen molar-refractivity contribution in [1.82, 2.24) is 10.2 Å². The molecule has 2 aromatic carbocycles. The molecule has 2 aromatic rings. The number of carbonyl (C=O) groups is 1. The number of carbonyl (C=O) groups excluding carboxylic acids is 1. The summed E-state index contributed by atoms with van der Waals surface area (Å²) in [5, 5.41) is 13.1. The van der Waals surface area contributed by atoms with Gasteiger partial charge in [0.2, 0.25) is 0 Å². The smallest absolute Gasteiger partial charge is 0.258 e. The zero-order valence-electron chi connectivity index (χ0n) is 20.0. The van der Waals surface area contributed by atoms with E-state index in [4.69, 9.17) is 17.0 Å². The Bertz CT molecular complexity index is 1060. The molecule has 1 fully saturated rings. The van der Waals surface area contributed by atoms with Gasteiger partial charge in [-0.25, -0.2) is 0 Å². The van der Waals surface area contributed by atoms with Crippen molar-refractivity contribution >= 4 is 28.9 Å². The van der Waals surface area contributed by atoms with Gasteiger partial charge in [0.05, 0.1) is 23.9 Å². The van der Waals surface area contributed by atoms with Crippen molar-refractivity contribution in [2.45, 2.75) is 59.2 Å². The molecule has 33 heavy (non-hydrogen) atoms. The van der Waals surface area contributed by atoms with E-state index in [1.165, 1.54) is 5.56 Å². The monoisotopic (exact) mass is 464 g/mol. The summed E-state index contributed by atoms with van der Waals surface area (Å²) in [6.45, 7) is 11.9. The summed E-state index contributed by atoms with van der Waals surface area (Å²) in [7, 11) is 0. The molecule has 1 heterocycles. The lowest BCUT2D eigenvalue weighted by Crippen LogP contribution is -2.44. The lowest BCUT2D eigenvalue weighted by atomic mass is 10.0. The minimum absolute atomic E-state index is 0.0666. The van der Waals surface area contributed by atoms with Crippen molar-refractivity contribution in [2.24, 2.45) is 0 Å². The Morgan fingerprint density at radius 2 is 1.88 bits per heavy atom. The van der Waals surface area contributed by atoms with Gasteiger partial charge >= 0.3 is 0 Å². The summed E-state index contributed by atoms with van der Waals surface area (Å²) in [5.74, 6) is 0.764. The van der Waals surface area contributed by atoms with Crippen LogP contribution in [0.15, 0.2) is 42.5 Å². The van der Waals surface area contributed by atoms with Gasteiger partial charge in [-0.15, -0.1) is 0 Å². The maximum Gasteiger partial charge on any atom is 0.258 e. The SMILES string of the molecule is Cc1cc(N2C(=O)C(C)(C)N(CCCOc3ccc(CNC(C)C)cc3)C2=S)ccc1C#N. The highest BCUT2D eigenvalue weighted by atomic mass is 32.1. The molecule has 1 N–H and O–H groups in total. The normalized spacial score (nSPS) is 15.3. The number of rotatable bonds is 9. The van der Waals surface area contributed by atoms with Gasteiger partial charge in [-0.1, -0.05) is 26.0 Å². The Hall–Kier alpha value is -2.95. The standard InChI is InChI=1S/C26H32N4O2S/c1-18(2)28-17-20-7-11-23(12-8-20)32-14-6-13-29-25(33)30(24(31)26(29,4)5)22-10-9-21(16-27)19(3)15-22/h7-12,15,18,28H,6,13-14,17H2,1-5H3. The Morgan fingerprint density at radius 1 is 1.18 bits per heavy atom. The molecule has 0 aromatic heterocycles. The zero-order valence-corrected chi connectivity index (χ0v) is 20.8. The van der Waals surface area contributed by atoms with Crippen molar-refractivity contribution in [3.63, 3.8) is 0 Å². The first-order valence-electron chi connectivity index (χ1n) is 11.3. The van der Waals surface area contributed by atoms with E-state index in [9.17, 15) is 10.1 Å². The fourth-order valence-electron chi connectivity index (χ4n) is 3.79. The summed E-state index contributed by atoms with van der Waals surface area (Å²) in [5.41, 5.74) is 2.58. The van der Waals surface area contributed by atoms with Crippen LogP contribution in [0.4, 0.5) is 5.69 Å². The van der Waals surface area contributed by atoms with E-state index in [1.54, 1.807) is 17.0 Å². The third kappa shape index (κ3) is 5.52. The van der Waals surface area contributed by atoms with Gasteiger partial charge in [0.25, 0.3) is 5.91 Å². The molecule has 0 unspecified atom stereocenters. The third-order valence-corrected chi connectivity index (χ3v) is 6.25. The molecular formula is C26H32N4O2S. The van der Waals surface area contributed by atoms with E-state index < -0.39 is 5.54 Å². The Kier molecular flexibility index (Phi) is 7.72. The number of nitrogens with zero attached hydrogens (tertiary/aromatic N) is 3. The lowest BCUT2D eigenvalue weighted by molar-refractivity contribution is -0.123. The maximum absolute atomic E-state index is 13.2. The molecule has 7 heteroatoms. The van der Waals surface area contributed by atoms with E-state index in [2.05, 4.69) is 37.4 Å². The molecule has 3 rings (SSSR count). The van der Waals surface area contributed by atoms with Gasteiger partial charge in [-0.3, -0.25) is 9.69 Å². The second-order valence-corrected chi connectivity index (χ2v) is 9.49. The number of nitrogens with one attached hydrogen (secondary N) is 1. The van der Waals surface area contributed by atoms with E-state index in [0.29, 0.717) is 35.6 Å². The number of ether oxygens (including phenoxy) is 1. The number of anilines is 1. The molecule has 0 bridgehead atoms. The molecule has 0 radical (unpaired) electrons. The molecule has 6 nitrogen and oxygen atoms in total. The number of hydrogen-bond acceptors (Lipinski definition) is 5. The Morgan fingerprint density at radius 3 is 2.48 bits per heavy atom. The molecule has 0 spiro atoms. The van der Waals surface area contributed by atoms with Crippen molar-refractivity contribution in [2.75, 3.05) is 18.1 Å². The van der Waals surface area contributed by atoms with Crippen LogP contribution in [0.2, 0.25) is 0 Å². The fraction of sp³-hybridized carbons (Fsp3) is 0.423. The van der Waals surface area contributed by atoms with Crippen LogP contribution >= 0.6 is 12.2 Å². The predicted molar refractivity (Wildman–Crippen MR) is 135 cm³/mol. The highest BCUT2D eigenvalue weighted by Gasteiger charge is 2.49. The Labute approximate surface area is 202 Å². The molecule has 0 atom stereocenters. The maximum atomic E-state index is 13.2. The average Bonchev–Trinajstić information content (AvgIpc) is 2.94. The topological polar surface area (TPSA) is 68.6 Å². The number of thiocarbonyl (C=S) groups is 1. The molecule has 1 amide bonds. The molecule has 1 aliphatic rings. The van der Waals surface area contributed by atoms with Crippen LogP contribution < -0.4 is 15.0 Å². The van der Waals surface area contributed by atoms with Gasteiger partial charge in [-0.2, -0.15) is 5.26 Å². The minimum atomic E-state index is -0.746. The van der Waals surface area contributed by atoms with Gasteiger partial charge in [0.1, 0.15) is 11.3 Å². The summed E-state index contributed by atoms with van der Waals surface area (Å²) in [6, 6.07) is 16.1. The minimum Gasteiger partial charge on any atom is -0.494 e. The first kappa shape index (κ1) is 24.7. The highest BCUT2D eigenvalue weighted by Crippen LogP contribution is 2.33. The summed E-state index contributed by atoms with van der Waals surface area (Å²) in [6.07, 6.45) is 0.730. The van der Waals surface area contributed by atoms with E-state index in [1.807, 2.05) is 43.9 Å². The lowest BCUT2D eigenvalue weighted by Gasteiger charge is -2.29. The number of benzene rings is 2. The second kappa shape index (κ2) is 10.3. The first-order valence-corrected chi connectivity index (χ1v) is 11.7.